The molecule has 12 aromatic rings. The van der Waals surface area contributed by atoms with E-state index < -0.39 is 0 Å². The van der Waals surface area contributed by atoms with E-state index in [1.807, 2.05) is 12.1 Å². The molecule has 0 aliphatic rings. The number of rotatable bonds is 5. The Morgan fingerprint density at radius 2 is 0.965 bits per heavy atom. The number of nitrogens with zero attached hydrogens (tertiary/aromatic N) is 2. The third-order valence-electron chi connectivity index (χ3n) is 11.4. The van der Waals surface area contributed by atoms with Gasteiger partial charge in [0.25, 0.3) is 0 Å². The van der Waals surface area contributed by atoms with Crippen LogP contribution < -0.4 is 0 Å². The van der Waals surface area contributed by atoms with Crippen LogP contribution in [0.25, 0.3) is 116 Å². The molecule has 0 amide bonds. The van der Waals surface area contributed by atoms with Crippen molar-refractivity contribution in [3.05, 3.63) is 194 Å². The van der Waals surface area contributed by atoms with E-state index in [2.05, 4.69) is 187 Å². The molecule has 8 aromatic carbocycles. The van der Waals surface area contributed by atoms with Crippen molar-refractivity contribution >= 4 is 65.7 Å². The zero-order valence-corrected chi connectivity index (χ0v) is 30.7. The number of para-hydroxylation sites is 3. The fraction of sp³-hybridized carbons (Fsp3) is 0. The Kier molecular flexibility index (Phi) is 6.89. The summed E-state index contributed by atoms with van der Waals surface area (Å²) in [6, 6.07) is 68.4. The van der Waals surface area contributed by atoms with Gasteiger partial charge in [-0.25, -0.2) is 4.98 Å². The van der Waals surface area contributed by atoms with Gasteiger partial charge in [0.05, 0.1) is 22.4 Å². The van der Waals surface area contributed by atoms with Gasteiger partial charge in [-0.05, 0) is 95.1 Å². The first-order valence-corrected chi connectivity index (χ1v) is 19.3. The molecule has 266 valence electrons. The van der Waals surface area contributed by atoms with Crippen LogP contribution in [0.1, 0.15) is 0 Å². The summed E-state index contributed by atoms with van der Waals surface area (Å²) in [7, 11) is 0. The molecule has 0 saturated carbocycles. The predicted octanol–water partition coefficient (Wildman–Crippen LogP) is 14.6. The second-order valence-electron chi connectivity index (χ2n) is 14.7. The third-order valence-corrected chi connectivity index (χ3v) is 11.4. The van der Waals surface area contributed by atoms with E-state index >= 15 is 0 Å². The van der Waals surface area contributed by atoms with Crippen LogP contribution in [0.3, 0.4) is 0 Å². The van der Waals surface area contributed by atoms with E-state index in [9.17, 15) is 0 Å². The standard InChI is InChI=1S/C53H32N2O2/c1-3-12-33(13-4-1)37-29-45(36-23-26-42-41-17-8-10-20-49(41)57-52(42)32-36)54-46(30-37)43-18-11-21-51-53(43)44-28-34(24-27-50(44)56-51)35-22-25-40-39-16-7-9-19-47(39)55(48(40)31-35)38-14-5-2-6-15-38/h1-32H. The molecule has 0 N–H and O–H groups in total. The number of aromatic nitrogens is 2. The lowest BCUT2D eigenvalue weighted by Crippen LogP contribution is -1.93. The highest BCUT2D eigenvalue weighted by atomic mass is 16.3. The molecule has 0 saturated heterocycles. The van der Waals surface area contributed by atoms with Crippen molar-refractivity contribution in [1.29, 1.82) is 0 Å². The fourth-order valence-electron chi connectivity index (χ4n) is 8.72. The van der Waals surface area contributed by atoms with Crippen LogP contribution in [0.2, 0.25) is 0 Å². The van der Waals surface area contributed by atoms with Crippen molar-refractivity contribution in [1.82, 2.24) is 9.55 Å². The van der Waals surface area contributed by atoms with Crippen molar-refractivity contribution in [2.45, 2.75) is 0 Å². The lowest BCUT2D eigenvalue weighted by Gasteiger charge is -2.11. The predicted molar refractivity (Wildman–Crippen MR) is 235 cm³/mol. The Morgan fingerprint density at radius 1 is 0.333 bits per heavy atom. The Balaban J connectivity index is 1.04. The van der Waals surface area contributed by atoms with Crippen LogP contribution in [0, 0.1) is 0 Å². The van der Waals surface area contributed by atoms with E-state index in [-0.39, 0.29) is 0 Å². The Labute approximate surface area is 327 Å². The summed E-state index contributed by atoms with van der Waals surface area (Å²) >= 11 is 0. The van der Waals surface area contributed by atoms with Crippen molar-refractivity contribution < 1.29 is 8.83 Å². The lowest BCUT2D eigenvalue weighted by molar-refractivity contribution is 0.668. The number of pyridine rings is 1. The molecule has 4 heteroatoms. The first-order valence-electron chi connectivity index (χ1n) is 19.3. The minimum absolute atomic E-state index is 0.830. The van der Waals surface area contributed by atoms with Crippen LogP contribution in [-0.2, 0) is 0 Å². The van der Waals surface area contributed by atoms with Gasteiger partial charge in [-0.2, -0.15) is 0 Å². The summed E-state index contributed by atoms with van der Waals surface area (Å²) in [5.74, 6) is 0. The highest BCUT2D eigenvalue weighted by molar-refractivity contribution is 6.14. The minimum atomic E-state index is 0.830. The summed E-state index contributed by atoms with van der Waals surface area (Å²) in [6.07, 6.45) is 0. The molecule has 12 rings (SSSR count). The molecule has 0 aliphatic heterocycles. The Bertz CT molecular complexity index is 3520. The zero-order chi connectivity index (χ0) is 37.5. The van der Waals surface area contributed by atoms with Gasteiger partial charge < -0.3 is 13.4 Å². The van der Waals surface area contributed by atoms with Crippen molar-refractivity contribution in [2.24, 2.45) is 0 Å². The normalized spacial score (nSPS) is 11.9. The van der Waals surface area contributed by atoms with E-state index in [4.69, 9.17) is 13.8 Å². The minimum Gasteiger partial charge on any atom is -0.456 e. The number of benzene rings is 8. The first-order chi connectivity index (χ1) is 28.2. The summed E-state index contributed by atoms with van der Waals surface area (Å²) < 4.78 is 15.2. The maximum Gasteiger partial charge on any atom is 0.136 e. The molecule has 0 atom stereocenters. The van der Waals surface area contributed by atoms with Gasteiger partial charge in [0.2, 0.25) is 0 Å². The summed E-state index contributed by atoms with van der Waals surface area (Å²) in [5.41, 5.74) is 15.2. The van der Waals surface area contributed by atoms with Gasteiger partial charge >= 0.3 is 0 Å². The molecule has 0 unspecified atom stereocenters. The summed E-state index contributed by atoms with van der Waals surface area (Å²) in [4.78, 5) is 5.38. The zero-order valence-electron chi connectivity index (χ0n) is 30.7. The number of hydrogen-bond acceptors (Lipinski definition) is 3. The molecule has 4 aromatic heterocycles. The second kappa shape index (κ2) is 12.4. The molecular weight excluding hydrogens is 697 g/mol. The smallest absolute Gasteiger partial charge is 0.136 e. The maximum atomic E-state index is 6.56. The van der Waals surface area contributed by atoms with Crippen molar-refractivity contribution in [3.8, 4) is 50.5 Å². The Morgan fingerprint density at radius 3 is 1.86 bits per heavy atom. The highest BCUT2D eigenvalue weighted by Gasteiger charge is 2.19. The van der Waals surface area contributed by atoms with Crippen LogP contribution in [-0.4, -0.2) is 9.55 Å². The molecule has 0 radical (unpaired) electrons. The Hall–Kier alpha value is -7.69. The van der Waals surface area contributed by atoms with E-state index in [0.717, 1.165) is 94.3 Å². The van der Waals surface area contributed by atoms with Crippen LogP contribution in [0.5, 0.6) is 0 Å². The molecular formula is C53H32N2O2. The summed E-state index contributed by atoms with van der Waals surface area (Å²) in [5, 5.41) is 6.78. The quantitative estimate of drug-likeness (QED) is 0.177. The van der Waals surface area contributed by atoms with Crippen LogP contribution >= 0.6 is 0 Å². The number of furan rings is 2. The lowest BCUT2D eigenvalue weighted by atomic mass is 9.96. The summed E-state index contributed by atoms with van der Waals surface area (Å²) in [6.45, 7) is 0. The van der Waals surface area contributed by atoms with Crippen molar-refractivity contribution in [3.63, 3.8) is 0 Å². The van der Waals surface area contributed by atoms with Gasteiger partial charge in [0.15, 0.2) is 0 Å². The van der Waals surface area contributed by atoms with Gasteiger partial charge in [0, 0.05) is 49.1 Å². The largest absolute Gasteiger partial charge is 0.456 e. The fourth-order valence-corrected chi connectivity index (χ4v) is 8.72. The van der Waals surface area contributed by atoms with Crippen LogP contribution in [0.4, 0.5) is 0 Å². The number of fused-ring (bicyclic) bond motifs is 9. The van der Waals surface area contributed by atoms with Crippen molar-refractivity contribution in [2.75, 3.05) is 0 Å². The van der Waals surface area contributed by atoms with E-state index in [1.54, 1.807) is 0 Å². The monoisotopic (exact) mass is 728 g/mol. The topological polar surface area (TPSA) is 44.1 Å². The molecule has 0 fully saturated rings. The van der Waals surface area contributed by atoms with Gasteiger partial charge in [-0.1, -0.05) is 121 Å². The molecule has 0 aliphatic carbocycles. The molecule has 4 nitrogen and oxygen atoms in total. The average Bonchev–Trinajstić information content (AvgIpc) is 3.95. The first kappa shape index (κ1) is 31.6. The third kappa shape index (κ3) is 5.04. The van der Waals surface area contributed by atoms with Crippen LogP contribution in [0.15, 0.2) is 203 Å². The van der Waals surface area contributed by atoms with E-state index in [0.29, 0.717) is 0 Å². The highest BCUT2D eigenvalue weighted by Crippen LogP contribution is 2.42. The molecule has 57 heavy (non-hydrogen) atoms. The van der Waals surface area contributed by atoms with E-state index in [1.165, 1.54) is 21.8 Å². The van der Waals surface area contributed by atoms with Gasteiger partial charge in [-0.3, -0.25) is 0 Å². The van der Waals surface area contributed by atoms with Gasteiger partial charge in [0.1, 0.15) is 22.3 Å². The average molecular weight is 729 g/mol. The number of hydrogen-bond donors (Lipinski definition) is 0. The second-order valence-corrected chi connectivity index (χ2v) is 14.7. The SMILES string of the molecule is c1ccc(-c2cc(-c3ccc4c(c3)oc3ccccc34)nc(-c3cccc4oc5ccc(-c6ccc7c8ccccc8n(-c8ccccc8)c7c6)cc5c34)c2)cc1. The molecule has 0 spiro atoms. The maximum absolute atomic E-state index is 6.56. The molecule has 0 bridgehead atoms. The van der Waals surface area contributed by atoms with Gasteiger partial charge in [-0.15, -0.1) is 0 Å². The molecule has 4 heterocycles.